The summed E-state index contributed by atoms with van der Waals surface area (Å²) >= 11 is 0. The van der Waals surface area contributed by atoms with Crippen LogP contribution in [0.15, 0.2) is 11.3 Å². The van der Waals surface area contributed by atoms with Crippen LogP contribution in [0.5, 0.6) is 0 Å². The van der Waals surface area contributed by atoms with E-state index in [-0.39, 0.29) is 0 Å². The van der Waals surface area contributed by atoms with Gasteiger partial charge in [0, 0.05) is 5.92 Å². The van der Waals surface area contributed by atoms with Crippen molar-refractivity contribution in [3.63, 3.8) is 0 Å². The van der Waals surface area contributed by atoms with Gasteiger partial charge in [0.15, 0.2) is 0 Å². The summed E-state index contributed by atoms with van der Waals surface area (Å²) in [6.07, 6.45) is 4.17. The average Bonchev–Trinajstić information content (AvgIpc) is 2.51. The fourth-order valence-corrected chi connectivity index (χ4v) is 3.62. The van der Waals surface area contributed by atoms with Gasteiger partial charge in [-0.3, -0.25) is 0 Å². The molecule has 0 radical (unpaired) electrons. The van der Waals surface area contributed by atoms with Crippen molar-refractivity contribution >= 4 is 8.32 Å². The van der Waals surface area contributed by atoms with Gasteiger partial charge in [-0.25, -0.2) is 0 Å². The highest BCUT2D eigenvalue weighted by molar-refractivity contribution is 6.70. The van der Waals surface area contributed by atoms with Crippen molar-refractivity contribution in [1.82, 2.24) is 0 Å². The van der Waals surface area contributed by atoms with Gasteiger partial charge in [0.05, 0.1) is 5.76 Å². The molecular formula is C11H20OSi. The van der Waals surface area contributed by atoms with Crippen LogP contribution in [0.3, 0.4) is 0 Å². The summed E-state index contributed by atoms with van der Waals surface area (Å²) in [4.78, 5) is 0. The molecule has 0 aromatic carbocycles. The minimum atomic E-state index is -1.36. The molecule has 1 saturated carbocycles. The first-order valence-corrected chi connectivity index (χ1v) is 8.78. The molecule has 74 valence electrons. The molecule has 0 aliphatic heterocycles. The molecular weight excluding hydrogens is 176 g/mol. The van der Waals surface area contributed by atoms with Crippen LogP contribution < -0.4 is 0 Å². The summed E-state index contributed by atoms with van der Waals surface area (Å²) in [6.45, 7) is 9.11. The molecule has 1 fully saturated rings. The van der Waals surface area contributed by atoms with E-state index in [2.05, 4.69) is 26.6 Å². The lowest BCUT2D eigenvalue weighted by Gasteiger charge is -2.26. The van der Waals surface area contributed by atoms with Crippen LogP contribution in [0.4, 0.5) is 0 Å². The summed E-state index contributed by atoms with van der Waals surface area (Å²) < 4.78 is 6.16. The van der Waals surface area contributed by atoms with Crippen LogP contribution in [0.25, 0.3) is 0 Å². The minimum Gasteiger partial charge on any atom is -0.547 e. The lowest BCUT2D eigenvalue weighted by molar-refractivity contribution is 0.346. The van der Waals surface area contributed by atoms with Gasteiger partial charge in [-0.2, -0.15) is 0 Å². The van der Waals surface area contributed by atoms with E-state index < -0.39 is 8.32 Å². The highest BCUT2D eigenvalue weighted by Crippen LogP contribution is 2.49. The van der Waals surface area contributed by atoms with E-state index in [0.717, 1.165) is 11.8 Å². The molecule has 2 atom stereocenters. The first-order chi connectivity index (χ1) is 5.97. The smallest absolute Gasteiger partial charge is 0.241 e. The van der Waals surface area contributed by atoms with Crippen LogP contribution >= 0.6 is 0 Å². The Morgan fingerprint density at radius 1 is 1.15 bits per heavy atom. The molecule has 0 unspecified atom stereocenters. The molecule has 0 aromatic rings. The Morgan fingerprint density at radius 3 is 2.23 bits per heavy atom. The average molecular weight is 196 g/mol. The second-order valence-electron chi connectivity index (χ2n) is 5.47. The second kappa shape index (κ2) is 2.87. The van der Waals surface area contributed by atoms with Crippen LogP contribution in [0.2, 0.25) is 19.6 Å². The first kappa shape index (κ1) is 9.32. The number of allylic oxidation sites excluding steroid dienone is 2. The fourth-order valence-electron chi connectivity index (χ4n) is 2.63. The normalized spacial score (nSPS) is 32.9. The molecule has 2 rings (SSSR count). The quantitative estimate of drug-likeness (QED) is 0.614. The van der Waals surface area contributed by atoms with Crippen LogP contribution in [-0.2, 0) is 4.43 Å². The fraction of sp³-hybridized carbons (Fsp3) is 0.818. The van der Waals surface area contributed by atoms with Crippen LogP contribution in [0, 0.1) is 11.8 Å². The Kier molecular flexibility index (Phi) is 2.06. The highest BCUT2D eigenvalue weighted by atomic mass is 28.4. The van der Waals surface area contributed by atoms with Gasteiger partial charge in [-0.15, -0.1) is 0 Å². The molecule has 0 spiro atoms. The number of hydrogen-bond acceptors (Lipinski definition) is 1. The maximum atomic E-state index is 6.16. The number of hydrogen-bond donors (Lipinski definition) is 0. The van der Waals surface area contributed by atoms with Gasteiger partial charge >= 0.3 is 0 Å². The molecule has 0 N–H and O–H groups in total. The molecule has 2 aliphatic rings. The SMILES string of the molecule is CC1=C(O[Si](C)(C)C)[C@H]2CC[C@H]1C2. The minimum absolute atomic E-state index is 0.789. The second-order valence-corrected chi connectivity index (χ2v) is 9.90. The Balaban J connectivity index is 2.15. The molecule has 1 nitrogen and oxygen atoms in total. The molecule has 13 heavy (non-hydrogen) atoms. The van der Waals surface area contributed by atoms with E-state index in [0.29, 0.717) is 0 Å². The zero-order valence-corrected chi connectivity index (χ0v) is 10.2. The first-order valence-electron chi connectivity index (χ1n) is 5.37. The van der Waals surface area contributed by atoms with Gasteiger partial charge in [-0.1, -0.05) is 0 Å². The Labute approximate surface area is 82.3 Å². The molecule has 0 saturated heterocycles. The Morgan fingerprint density at radius 2 is 1.77 bits per heavy atom. The number of fused-ring (bicyclic) bond motifs is 2. The van der Waals surface area contributed by atoms with E-state index in [9.17, 15) is 0 Å². The standard InChI is InChI=1S/C11H20OSi/c1-8-9-5-6-10(7-9)11(8)12-13(2,3)4/h9-10H,5-7H2,1-4H3/t9-,10-/m0/s1. The number of rotatable bonds is 2. The maximum absolute atomic E-state index is 6.16. The topological polar surface area (TPSA) is 9.23 Å². The van der Waals surface area contributed by atoms with Crippen molar-refractivity contribution in [1.29, 1.82) is 0 Å². The molecule has 0 amide bonds. The summed E-state index contributed by atoms with van der Waals surface area (Å²) in [5.41, 5.74) is 1.57. The zero-order valence-electron chi connectivity index (χ0n) is 9.18. The van der Waals surface area contributed by atoms with Crippen LogP contribution in [0.1, 0.15) is 26.2 Å². The monoisotopic (exact) mass is 196 g/mol. The van der Waals surface area contributed by atoms with E-state index >= 15 is 0 Å². The summed E-state index contributed by atoms with van der Waals surface area (Å²) in [5, 5.41) is 0. The molecule has 2 bridgehead atoms. The Bertz CT molecular complexity index is 249. The van der Waals surface area contributed by atoms with Gasteiger partial charge in [0.25, 0.3) is 0 Å². The van der Waals surface area contributed by atoms with E-state index in [4.69, 9.17) is 4.43 Å². The van der Waals surface area contributed by atoms with Crippen molar-refractivity contribution in [3.05, 3.63) is 11.3 Å². The molecule has 2 heteroatoms. The summed E-state index contributed by atoms with van der Waals surface area (Å²) in [7, 11) is -1.36. The third-order valence-corrected chi connectivity index (χ3v) is 4.05. The largest absolute Gasteiger partial charge is 0.547 e. The zero-order chi connectivity index (χ0) is 9.64. The molecule has 0 heterocycles. The Hall–Kier alpha value is -0.243. The van der Waals surface area contributed by atoms with Gasteiger partial charge < -0.3 is 4.43 Å². The summed E-state index contributed by atoms with van der Waals surface area (Å²) in [6, 6.07) is 0. The highest BCUT2D eigenvalue weighted by Gasteiger charge is 2.39. The van der Waals surface area contributed by atoms with Crippen molar-refractivity contribution in [3.8, 4) is 0 Å². The predicted octanol–water partition coefficient (Wildman–Crippen LogP) is 3.54. The van der Waals surface area contributed by atoms with E-state index in [1.165, 1.54) is 25.0 Å². The third-order valence-electron chi connectivity index (χ3n) is 3.22. The lowest BCUT2D eigenvalue weighted by Crippen LogP contribution is -2.27. The predicted molar refractivity (Wildman–Crippen MR) is 58.0 cm³/mol. The van der Waals surface area contributed by atoms with Gasteiger partial charge in [0.2, 0.25) is 8.32 Å². The lowest BCUT2D eigenvalue weighted by atomic mass is 9.99. The van der Waals surface area contributed by atoms with Crippen molar-refractivity contribution < 1.29 is 4.43 Å². The van der Waals surface area contributed by atoms with E-state index in [1.807, 2.05) is 0 Å². The van der Waals surface area contributed by atoms with Gasteiger partial charge in [0.1, 0.15) is 0 Å². The van der Waals surface area contributed by atoms with Crippen molar-refractivity contribution in [2.45, 2.75) is 45.8 Å². The van der Waals surface area contributed by atoms with E-state index in [1.54, 1.807) is 5.57 Å². The molecule has 2 aliphatic carbocycles. The van der Waals surface area contributed by atoms with Crippen LogP contribution in [-0.4, -0.2) is 8.32 Å². The molecule has 0 aromatic heterocycles. The maximum Gasteiger partial charge on any atom is 0.241 e. The van der Waals surface area contributed by atoms with Crippen molar-refractivity contribution in [2.24, 2.45) is 11.8 Å². The third kappa shape index (κ3) is 1.69. The van der Waals surface area contributed by atoms with Crippen molar-refractivity contribution in [2.75, 3.05) is 0 Å². The summed E-state index contributed by atoms with van der Waals surface area (Å²) in [5.74, 6) is 3.04. The van der Waals surface area contributed by atoms with Gasteiger partial charge in [-0.05, 0) is 57.3 Å².